The number of rotatable bonds is 6. The van der Waals surface area contributed by atoms with E-state index in [0.717, 1.165) is 21.0 Å². The maximum atomic E-state index is 10.2. The second kappa shape index (κ2) is 8.30. The molecule has 0 aromatic heterocycles. The summed E-state index contributed by atoms with van der Waals surface area (Å²) in [6.07, 6.45) is 0. The van der Waals surface area contributed by atoms with Crippen molar-refractivity contribution in [1.29, 1.82) is 0 Å². The zero-order chi connectivity index (χ0) is 20.4. The molecule has 0 amide bonds. The smallest absolute Gasteiger partial charge is 0.106 e. The van der Waals surface area contributed by atoms with Gasteiger partial charge in [-0.3, -0.25) is 0 Å². The van der Waals surface area contributed by atoms with Crippen LogP contribution < -0.4 is 0 Å². The molecule has 0 aliphatic rings. The third-order valence-electron chi connectivity index (χ3n) is 5.07. The molecule has 0 saturated heterocycles. The SMILES string of the molecule is CC(C)(O)C(C)(C)OSc1ccc(-c2ccccc2-c2ccc(Cl)cc2)cc1. The second-order valence-corrected chi connectivity index (χ2v) is 9.05. The number of hydrogen-bond acceptors (Lipinski definition) is 3. The molecule has 0 fully saturated rings. The summed E-state index contributed by atoms with van der Waals surface area (Å²) in [5, 5.41) is 11.0. The van der Waals surface area contributed by atoms with Crippen molar-refractivity contribution in [1.82, 2.24) is 0 Å². The van der Waals surface area contributed by atoms with Crippen LogP contribution in [-0.2, 0) is 4.18 Å². The van der Waals surface area contributed by atoms with Gasteiger partial charge in [-0.15, -0.1) is 0 Å². The van der Waals surface area contributed by atoms with Crippen LogP contribution in [0, 0.1) is 0 Å². The highest BCUT2D eigenvalue weighted by Gasteiger charge is 2.36. The van der Waals surface area contributed by atoms with Crippen molar-refractivity contribution < 1.29 is 9.29 Å². The lowest BCUT2D eigenvalue weighted by Crippen LogP contribution is -2.45. The van der Waals surface area contributed by atoms with Crippen LogP contribution in [0.3, 0.4) is 0 Å². The summed E-state index contributed by atoms with van der Waals surface area (Å²) < 4.78 is 5.88. The summed E-state index contributed by atoms with van der Waals surface area (Å²) >= 11 is 7.32. The second-order valence-electron chi connectivity index (χ2n) is 7.81. The van der Waals surface area contributed by atoms with E-state index in [4.69, 9.17) is 15.8 Å². The van der Waals surface area contributed by atoms with Crippen molar-refractivity contribution >= 4 is 23.6 Å². The zero-order valence-corrected chi connectivity index (χ0v) is 18.1. The Labute approximate surface area is 176 Å². The van der Waals surface area contributed by atoms with Gasteiger partial charge in [0.15, 0.2) is 0 Å². The molecule has 3 aromatic carbocycles. The molecule has 0 aliphatic carbocycles. The van der Waals surface area contributed by atoms with Crippen molar-refractivity contribution in [2.45, 2.75) is 43.8 Å². The molecule has 1 N–H and O–H groups in total. The topological polar surface area (TPSA) is 29.5 Å². The average Bonchev–Trinajstić information content (AvgIpc) is 2.67. The molecule has 0 saturated carbocycles. The van der Waals surface area contributed by atoms with E-state index in [9.17, 15) is 5.11 Å². The van der Waals surface area contributed by atoms with Crippen molar-refractivity contribution in [3.05, 3.63) is 77.8 Å². The quantitative estimate of drug-likeness (QED) is 0.432. The third kappa shape index (κ3) is 4.79. The van der Waals surface area contributed by atoms with Crippen LogP contribution >= 0.6 is 23.6 Å². The fraction of sp³-hybridized carbons (Fsp3) is 0.250. The van der Waals surface area contributed by atoms with Gasteiger partial charge < -0.3 is 9.29 Å². The minimum absolute atomic E-state index is 0.669. The number of hydrogen-bond donors (Lipinski definition) is 1. The lowest BCUT2D eigenvalue weighted by Gasteiger charge is -2.35. The van der Waals surface area contributed by atoms with Gasteiger partial charge in [-0.2, -0.15) is 0 Å². The van der Waals surface area contributed by atoms with Crippen LogP contribution in [0.4, 0.5) is 0 Å². The van der Waals surface area contributed by atoms with Gasteiger partial charge in [-0.25, -0.2) is 0 Å². The van der Waals surface area contributed by atoms with Crippen LogP contribution in [0.2, 0.25) is 5.02 Å². The van der Waals surface area contributed by atoms with Gasteiger partial charge in [0.25, 0.3) is 0 Å². The first-order chi connectivity index (χ1) is 13.2. The zero-order valence-electron chi connectivity index (χ0n) is 16.6. The van der Waals surface area contributed by atoms with Crippen molar-refractivity contribution in [2.24, 2.45) is 0 Å². The Kier molecular flexibility index (Phi) is 6.21. The number of halogens is 1. The molecule has 0 unspecified atom stereocenters. The van der Waals surface area contributed by atoms with E-state index < -0.39 is 11.2 Å². The Balaban J connectivity index is 1.82. The summed E-state index contributed by atoms with van der Waals surface area (Å²) in [5.41, 5.74) is 3.00. The first kappa shape index (κ1) is 20.9. The maximum Gasteiger partial charge on any atom is 0.106 e. The highest BCUT2D eigenvalue weighted by molar-refractivity contribution is 7.94. The van der Waals surface area contributed by atoms with Gasteiger partial charge in [-0.1, -0.05) is 60.1 Å². The summed E-state index contributed by atoms with van der Waals surface area (Å²) in [7, 11) is 0. The van der Waals surface area contributed by atoms with E-state index in [2.05, 4.69) is 24.3 Å². The molecule has 2 nitrogen and oxygen atoms in total. The fourth-order valence-electron chi connectivity index (χ4n) is 2.56. The predicted molar refractivity (Wildman–Crippen MR) is 120 cm³/mol. The molecule has 0 atom stereocenters. The number of aliphatic hydroxyl groups is 1. The van der Waals surface area contributed by atoms with Crippen molar-refractivity contribution in [3.63, 3.8) is 0 Å². The Morgan fingerprint density at radius 2 is 1.21 bits per heavy atom. The van der Waals surface area contributed by atoms with Crippen LogP contribution in [0.1, 0.15) is 27.7 Å². The Morgan fingerprint density at radius 3 is 1.68 bits per heavy atom. The lowest BCUT2D eigenvalue weighted by molar-refractivity contribution is -0.0813. The molecule has 0 aliphatic heterocycles. The Morgan fingerprint density at radius 1 is 0.750 bits per heavy atom. The van der Waals surface area contributed by atoms with E-state index in [0.29, 0.717) is 0 Å². The number of benzene rings is 3. The molecule has 3 aromatic rings. The maximum absolute atomic E-state index is 10.2. The minimum Gasteiger partial charge on any atom is -0.387 e. The monoisotopic (exact) mass is 412 g/mol. The van der Waals surface area contributed by atoms with Crippen LogP contribution in [0.25, 0.3) is 22.3 Å². The van der Waals surface area contributed by atoms with Crippen LogP contribution in [0.5, 0.6) is 0 Å². The molecule has 146 valence electrons. The van der Waals surface area contributed by atoms with Crippen molar-refractivity contribution in [2.75, 3.05) is 0 Å². The molecule has 0 radical (unpaired) electrons. The van der Waals surface area contributed by atoms with Gasteiger partial charge >= 0.3 is 0 Å². The van der Waals surface area contributed by atoms with Crippen LogP contribution in [0.15, 0.2) is 77.7 Å². The highest BCUT2D eigenvalue weighted by Crippen LogP contribution is 2.36. The fourth-order valence-corrected chi connectivity index (χ4v) is 3.44. The molecular weight excluding hydrogens is 388 g/mol. The average molecular weight is 413 g/mol. The summed E-state index contributed by atoms with van der Waals surface area (Å²) in [4.78, 5) is 0.991. The summed E-state index contributed by atoms with van der Waals surface area (Å²) in [6.45, 7) is 7.28. The summed E-state index contributed by atoms with van der Waals surface area (Å²) in [6, 6.07) is 24.5. The largest absolute Gasteiger partial charge is 0.387 e. The normalized spacial score (nSPS) is 12.2. The first-order valence-electron chi connectivity index (χ1n) is 9.21. The Hall–Kier alpha value is -1.78. The van der Waals surface area contributed by atoms with Gasteiger partial charge in [0.05, 0.1) is 5.60 Å². The molecule has 28 heavy (non-hydrogen) atoms. The standard InChI is InChI=1S/C24H25ClO2S/c1-23(2,26)24(3,4)27-28-20-15-11-18(12-16-20)22-8-6-5-7-21(22)17-9-13-19(25)14-10-17/h5-16,26H,1-4H3. The highest BCUT2D eigenvalue weighted by atomic mass is 35.5. The minimum atomic E-state index is -0.933. The molecule has 3 rings (SSSR count). The first-order valence-corrected chi connectivity index (χ1v) is 10.3. The molecule has 0 spiro atoms. The van der Waals surface area contributed by atoms with E-state index >= 15 is 0 Å². The molecule has 0 heterocycles. The van der Waals surface area contributed by atoms with Gasteiger partial charge in [0.2, 0.25) is 0 Å². The molecule has 4 heteroatoms. The lowest BCUT2D eigenvalue weighted by atomic mass is 9.90. The van der Waals surface area contributed by atoms with Crippen LogP contribution in [-0.4, -0.2) is 16.3 Å². The van der Waals surface area contributed by atoms with Crippen molar-refractivity contribution in [3.8, 4) is 22.3 Å². The van der Waals surface area contributed by atoms with Gasteiger partial charge in [0.1, 0.15) is 5.60 Å². The van der Waals surface area contributed by atoms with E-state index in [-0.39, 0.29) is 0 Å². The van der Waals surface area contributed by atoms with E-state index in [1.165, 1.54) is 23.2 Å². The third-order valence-corrected chi connectivity index (χ3v) is 6.28. The molecular formula is C24H25ClO2S. The van der Waals surface area contributed by atoms with E-state index in [1.807, 2.05) is 62.4 Å². The predicted octanol–water partition coefficient (Wildman–Crippen LogP) is 7.25. The Bertz CT molecular complexity index is 926. The van der Waals surface area contributed by atoms with E-state index in [1.54, 1.807) is 13.8 Å². The van der Waals surface area contributed by atoms with Gasteiger partial charge in [-0.05, 0) is 74.2 Å². The summed E-state index contributed by atoms with van der Waals surface area (Å²) in [5.74, 6) is 0. The van der Waals surface area contributed by atoms with Gasteiger partial charge in [0, 0.05) is 22.0 Å². The molecule has 0 bridgehead atoms.